The van der Waals surface area contributed by atoms with Gasteiger partial charge in [-0.2, -0.15) is 4.98 Å². The Morgan fingerprint density at radius 1 is 1.11 bits per heavy atom. The number of hydrogen-bond donors (Lipinski definition) is 2. The zero-order chi connectivity index (χ0) is 24.7. The maximum absolute atomic E-state index is 12.8. The van der Waals surface area contributed by atoms with E-state index < -0.39 is 0 Å². The molecule has 1 atom stereocenters. The van der Waals surface area contributed by atoms with Gasteiger partial charge in [-0.1, -0.05) is 31.4 Å². The van der Waals surface area contributed by atoms with Gasteiger partial charge in [-0.05, 0) is 51.9 Å². The molecule has 190 valence electrons. The monoisotopic (exact) mass is 489 g/mol. The first-order valence-electron chi connectivity index (χ1n) is 13.2. The van der Waals surface area contributed by atoms with Crippen molar-refractivity contribution in [1.82, 2.24) is 30.4 Å². The molecule has 0 aromatic carbocycles. The molecule has 2 aromatic rings. The Balaban J connectivity index is 1.21. The van der Waals surface area contributed by atoms with Crippen LogP contribution in [-0.4, -0.2) is 82.3 Å². The molecule has 6 rings (SSSR count). The Morgan fingerprint density at radius 3 is 2.64 bits per heavy atom. The van der Waals surface area contributed by atoms with Gasteiger partial charge in [0.15, 0.2) is 11.6 Å². The lowest BCUT2D eigenvalue weighted by Gasteiger charge is -2.54. The second-order valence-corrected chi connectivity index (χ2v) is 10.7. The molecule has 1 amide bonds. The molecule has 1 spiro atoms. The van der Waals surface area contributed by atoms with Gasteiger partial charge in [0.25, 0.3) is 0 Å². The van der Waals surface area contributed by atoms with Gasteiger partial charge in [0.1, 0.15) is 11.9 Å². The summed E-state index contributed by atoms with van der Waals surface area (Å²) in [5.74, 6) is 2.83. The lowest BCUT2D eigenvalue weighted by molar-refractivity contribution is -0.123. The van der Waals surface area contributed by atoms with E-state index in [1.54, 1.807) is 0 Å². The molecular weight excluding hydrogens is 454 g/mol. The van der Waals surface area contributed by atoms with Crippen molar-refractivity contribution in [3.05, 3.63) is 30.0 Å². The summed E-state index contributed by atoms with van der Waals surface area (Å²) in [6, 6.07) is 4.24. The summed E-state index contributed by atoms with van der Waals surface area (Å²) in [6.07, 6.45) is 13.7. The van der Waals surface area contributed by atoms with Gasteiger partial charge in [-0.3, -0.25) is 4.79 Å². The minimum absolute atomic E-state index is 0.0392. The van der Waals surface area contributed by atoms with Crippen LogP contribution >= 0.6 is 0 Å². The van der Waals surface area contributed by atoms with Crippen LogP contribution in [0.1, 0.15) is 50.5 Å². The molecular formula is C26H35N9O. The summed E-state index contributed by atoms with van der Waals surface area (Å²) >= 11 is 0. The minimum Gasteiger partial charge on any atom is -0.355 e. The van der Waals surface area contributed by atoms with Crippen LogP contribution in [0.15, 0.2) is 24.4 Å². The molecule has 2 saturated heterocycles. The van der Waals surface area contributed by atoms with Crippen LogP contribution in [0.3, 0.4) is 0 Å². The molecule has 4 aliphatic rings. The van der Waals surface area contributed by atoms with Crippen molar-refractivity contribution in [3.8, 4) is 0 Å². The lowest BCUT2D eigenvalue weighted by atomic mass is 9.77. The van der Waals surface area contributed by atoms with Crippen molar-refractivity contribution in [2.45, 2.75) is 62.6 Å². The average molecular weight is 490 g/mol. The molecule has 1 aliphatic carbocycles. The first-order valence-corrected chi connectivity index (χ1v) is 13.2. The summed E-state index contributed by atoms with van der Waals surface area (Å²) in [4.78, 5) is 29.1. The molecule has 3 aliphatic heterocycles. The van der Waals surface area contributed by atoms with Crippen LogP contribution in [-0.2, 0) is 4.79 Å². The number of fused-ring (bicyclic) bond motifs is 4. The van der Waals surface area contributed by atoms with Gasteiger partial charge in [0.05, 0.1) is 5.54 Å². The van der Waals surface area contributed by atoms with E-state index in [1.807, 2.05) is 30.5 Å². The second kappa shape index (κ2) is 9.31. The smallest absolute Gasteiger partial charge is 0.246 e. The highest BCUT2D eigenvalue weighted by Crippen LogP contribution is 2.42. The SMILES string of the molecule is CN(C)C1CCN(c2ccc(Nc3ncc4c(n3)N3C(C=C4)C(=O)NCC34CCCCC4)nn2)CC1. The number of amides is 1. The zero-order valence-electron chi connectivity index (χ0n) is 21.2. The number of rotatable bonds is 4. The highest BCUT2D eigenvalue weighted by molar-refractivity contribution is 5.93. The Hall–Kier alpha value is -3.27. The third-order valence-corrected chi connectivity index (χ3v) is 8.33. The van der Waals surface area contributed by atoms with Crippen molar-refractivity contribution < 1.29 is 4.79 Å². The molecule has 2 aromatic heterocycles. The van der Waals surface area contributed by atoms with E-state index >= 15 is 0 Å². The van der Waals surface area contributed by atoms with Gasteiger partial charge in [0.2, 0.25) is 11.9 Å². The molecule has 5 heterocycles. The largest absolute Gasteiger partial charge is 0.355 e. The van der Waals surface area contributed by atoms with Crippen LogP contribution in [0.5, 0.6) is 0 Å². The van der Waals surface area contributed by atoms with Crippen LogP contribution < -0.4 is 20.4 Å². The fourth-order valence-electron chi connectivity index (χ4n) is 6.25. The quantitative estimate of drug-likeness (QED) is 0.671. The summed E-state index contributed by atoms with van der Waals surface area (Å²) < 4.78 is 0. The molecule has 0 bridgehead atoms. The third kappa shape index (κ3) is 4.17. The van der Waals surface area contributed by atoms with Crippen molar-refractivity contribution >= 4 is 35.4 Å². The van der Waals surface area contributed by atoms with Gasteiger partial charge >= 0.3 is 0 Å². The van der Waals surface area contributed by atoms with E-state index in [0.717, 1.165) is 56.0 Å². The maximum atomic E-state index is 12.8. The number of hydrogen-bond acceptors (Lipinski definition) is 9. The summed E-state index contributed by atoms with van der Waals surface area (Å²) in [5, 5.41) is 15.3. The van der Waals surface area contributed by atoms with E-state index in [4.69, 9.17) is 4.98 Å². The highest BCUT2D eigenvalue weighted by atomic mass is 16.2. The summed E-state index contributed by atoms with van der Waals surface area (Å²) in [5.41, 5.74) is 0.850. The van der Waals surface area contributed by atoms with Gasteiger partial charge in [-0.15, -0.1) is 10.2 Å². The molecule has 10 nitrogen and oxygen atoms in total. The summed E-state index contributed by atoms with van der Waals surface area (Å²) in [7, 11) is 4.30. The van der Waals surface area contributed by atoms with E-state index in [1.165, 1.54) is 19.3 Å². The molecule has 1 unspecified atom stereocenters. The summed E-state index contributed by atoms with van der Waals surface area (Å²) in [6.45, 7) is 2.64. The van der Waals surface area contributed by atoms with E-state index in [9.17, 15) is 4.79 Å². The number of nitrogens with one attached hydrogen (secondary N) is 2. The molecule has 0 radical (unpaired) electrons. The Bertz CT molecular complexity index is 1130. The van der Waals surface area contributed by atoms with Crippen molar-refractivity contribution in [3.63, 3.8) is 0 Å². The predicted octanol–water partition coefficient (Wildman–Crippen LogP) is 2.58. The highest BCUT2D eigenvalue weighted by Gasteiger charge is 2.49. The number of piperidine rings is 1. The molecule has 3 fully saturated rings. The Kier molecular flexibility index (Phi) is 5.99. The normalized spacial score (nSPS) is 23.4. The van der Waals surface area contributed by atoms with Crippen LogP contribution in [0.4, 0.5) is 23.4 Å². The zero-order valence-corrected chi connectivity index (χ0v) is 21.2. The number of aromatic nitrogens is 4. The van der Waals surface area contributed by atoms with E-state index in [0.29, 0.717) is 24.4 Å². The molecule has 2 N–H and O–H groups in total. The van der Waals surface area contributed by atoms with E-state index in [-0.39, 0.29) is 17.5 Å². The number of carbonyl (C=O) groups is 1. The predicted molar refractivity (Wildman–Crippen MR) is 140 cm³/mol. The fourth-order valence-corrected chi connectivity index (χ4v) is 6.25. The topological polar surface area (TPSA) is 102 Å². The molecule has 1 saturated carbocycles. The van der Waals surface area contributed by atoms with Gasteiger partial charge in [-0.25, -0.2) is 4.98 Å². The van der Waals surface area contributed by atoms with Crippen LogP contribution in [0.2, 0.25) is 0 Å². The standard InChI is InChI=1S/C26H35N9O/c1-33(2)19-10-14-34(15-11-19)22-9-8-21(31-32-22)29-25-27-16-18-6-7-20-24(36)28-17-26(12-4-3-5-13-26)35(20)23(18)30-25/h6-9,16,19-20H,3-5,10-15,17H2,1-2H3,(H,28,36)(H,27,29,30,31). The molecule has 10 heteroatoms. The number of nitrogens with zero attached hydrogens (tertiary/aromatic N) is 7. The van der Waals surface area contributed by atoms with Crippen molar-refractivity contribution in [2.24, 2.45) is 0 Å². The number of carbonyl (C=O) groups excluding carboxylic acids is 1. The van der Waals surface area contributed by atoms with Gasteiger partial charge in [0, 0.05) is 37.4 Å². The van der Waals surface area contributed by atoms with Crippen LogP contribution in [0.25, 0.3) is 6.08 Å². The number of piperazine rings is 1. The maximum Gasteiger partial charge on any atom is 0.246 e. The average Bonchev–Trinajstić information content (AvgIpc) is 2.91. The van der Waals surface area contributed by atoms with Crippen LogP contribution in [0, 0.1) is 0 Å². The molecule has 36 heavy (non-hydrogen) atoms. The lowest BCUT2D eigenvalue weighted by Crippen LogP contribution is -2.69. The Labute approximate surface area is 212 Å². The van der Waals surface area contributed by atoms with Crippen molar-refractivity contribution in [1.29, 1.82) is 0 Å². The third-order valence-electron chi connectivity index (χ3n) is 8.33. The van der Waals surface area contributed by atoms with Gasteiger partial charge < -0.3 is 25.3 Å². The fraction of sp³-hybridized carbons (Fsp3) is 0.577. The first kappa shape index (κ1) is 23.1. The minimum atomic E-state index is -0.331. The second-order valence-electron chi connectivity index (χ2n) is 10.7. The van der Waals surface area contributed by atoms with E-state index in [2.05, 4.69) is 54.6 Å². The van der Waals surface area contributed by atoms with Crippen molar-refractivity contribution in [2.75, 3.05) is 48.8 Å². The Morgan fingerprint density at radius 2 is 1.92 bits per heavy atom. The first-order chi connectivity index (χ1) is 17.5. The number of anilines is 4.